The summed E-state index contributed by atoms with van der Waals surface area (Å²) in [5.41, 5.74) is 2.64. The predicted octanol–water partition coefficient (Wildman–Crippen LogP) is 3.18. The van der Waals surface area contributed by atoms with Crippen molar-refractivity contribution < 1.29 is 9.53 Å². The van der Waals surface area contributed by atoms with Gasteiger partial charge in [-0.25, -0.2) is 0 Å². The Morgan fingerprint density at radius 3 is 2.75 bits per heavy atom. The lowest BCUT2D eigenvalue weighted by molar-refractivity contribution is -0.140. The van der Waals surface area contributed by atoms with Crippen LogP contribution in [-0.2, 0) is 15.3 Å². The van der Waals surface area contributed by atoms with Crippen molar-refractivity contribution in [2.75, 3.05) is 7.11 Å². The molecule has 1 atom stereocenters. The van der Waals surface area contributed by atoms with Crippen LogP contribution in [-0.4, -0.2) is 18.3 Å². The zero-order valence-electron chi connectivity index (χ0n) is 10.0. The van der Waals surface area contributed by atoms with Gasteiger partial charge >= 0.3 is 5.97 Å². The topological polar surface area (TPSA) is 26.3 Å². The fourth-order valence-electron chi connectivity index (χ4n) is 1.38. The third kappa shape index (κ3) is 4.27. The summed E-state index contributed by atoms with van der Waals surface area (Å²) in [5, 5.41) is 0.298. The summed E-state index contributed by atoms with van der Waals surface area (Å²) in [7, 11) is 1.43. The number of thioether (sulfide) groups is 1. The molecule has 0 bridgehead atoms. The van der Waals surface area contributed by atoms with E-state index >= 15 is 0 Å². The lowest BCUT2D eigenvalue weighted by Gasteiger charge is -2.11. The first-order chi connectivity index (χ1) is 7.63. The number of carbonyl (C=O) groups excluding carboxylic acids is 1. The van der Waals surface area contributed by atoms with E-state index < -0.39 is 0 Å². The largest absolute Gasteiger partial charge is 0.469 e. The molecule has 0 fully saturated rings. The highest BCUT2D eigenvalue weighted by molar-refractivity contribution is 7.99. The van der Waals surface area contributed by atoms with Crippen LogP contribution in [0.1, 0.15) is 24.5 Å². The Balaban J connectivity index is 2.40. The normalized spacial score (nSPS) is 12.2. The van der Waals surface area contributed by atoms with Crippen molar-refractivity contribution >= 4 is 17.7 Å². The average Bonchev–Trinajstić information content (AvgIpc) is 2.28. The van der Waals surface area contributed by atoms with E-state index in [-0.39, 0.29) is 5.97 Å². The van der Waals surface area contributed by atoms with Gasteiger partial charge in [0.2, 0.25) is 0 Å². The zero-order chi connectivity index (χ0) is 12.0. The van der Waals surface area contributed by atoms with E-state index in [9.17, 15) is 4.79 Å². The van der Waals surface area contributed by atoms with E-state index in [0.29, 0.717) is 11.7 Å². The first kappa shape index (κ1) is 13.1. The molecule has 0 N–H and O–H groups in total. The van der Waals surface area contributed by atoms with Gasteiger partial charge < -0.3 is 4.74 Å². The third-order valence-corrected chi connectivity index (χ3v) is 3.68. The highest BCUT2D eigenvalue weighted by Crippen LogP contribution is 2.22. The van der Waals surface area contributed by atoms with Crippen LogP contribution in [0.15, 0.2) is 24.3 Å². The number of benzene rings is 1. The highest BCUT2D eigenvalue weighted by Gasteiger charge is 2.09. The lowest BCUT2D eigenvalue weighted by atomic mass is 10.1. The van der Waals surface area contributed by atoms with Gasteiger partial charge in [-0.1, -0.05) is 31.2 Å². The average molecular weight is 238 g/mol. The van der Waals surface area contributed by atoms with E-state index in [1.54, 1.807) is 11.8 Å². The van der Waals surface area contributed by atoms with Gasteiger partial charge in [0.25, 0.3) is 0 Å². The number of methoxy groups -OCH3 is 1. The summed E-state index contributed by atoms with van der Waals surface area (Å²) in [6.07, 6.45) is 0.479. The molecule has 2 nitrogen and oxygen atoms in total. The van der Waals surface area contributed by atoms with Gasteiger partial charge in [-0.15, -0.1) is 0 Å². The Bertz CT molecular complexity index is 350. The van der Waals surface area contributed by atoms with E-state index in [0.717, 1.165) is 5.75 Å². The Hall–Kier alpha value is -0.960. The minimum absolute atomic E-state index is 0.134. The third-order valence-electron chi connectivity index (χ3n) is 2.47. The quantitative estimate of drug-likeness (QED) is 0.737. The van der Waals surface area contributed by atoms with Crippen molar-refractivity contribution in [3.63, 3.8) is 0 Å². The van der Waals surface area contributed by atoms with Crippen LogP contribution in [0.3, 0.4) is 0 Å². The Labute approximate surface area is 101 Å². The maximum absolute atomic E-state index is 11.1. The van der Waals surface area contributed by atoms with Crippen molar-refractivity contribution in [2.24, 2.45) is 0 Å². The SMILES string of the molecule is COC(=O)CC(C)SCc1ccccc1C. The summed E-state index contributed by atoms with van der Waals surface area (Å²) in [6, 6.07) is 8.34. The molecule has 0 spiro atoms. The smallest absolute Gasteiger partial charge is 0.306 e. The highest BCUT2D eigenvalue weighted by atomic mass is 32.2. The molecule has 0 aliphatic heterocycles. The van der Waals surface area contributed by atoms with Gasteiger partial charge in [0.1, 0.15) is 0 Å². The molecule has 1 aromatic rings. The number of esters is 1. The molecule has 0 aliphatic carbocycles. The maximum Gasteiger partial charge on any atom is 0.306 e. The van der Waals surface area contributed by atoms with Gasteiger partial charge in [0.05, 0.1) is 13.5 Å². The molecule has 0 heterocycles. The molecule has 0 saturated heterocycles. The number of carbonyl (C=O) groups is 1. The van der Waals surface area contributed by atoms with Crippen LogP contribution in [0.5, 0.6) is 0 Å². The van der Waals surface area contributed by atoms with Gasteiger partial charge in [-0.2, -0.15) is 11.8 Å². The van der Waals surface area contributed by atoms with Crippen LogP contribution >= 0.6 is 11.8 Å². The molecule has 1 unspecified atom stereocenters. The number of hydrogen-bond donors (Lipinski definition) is 0. The second-order valence-corrected chi connectivity index (χ2v) is 5.26. The lowest BCUT2D eigenvalue weighted by Crippen LogP contribution is -2.08. The van der Waals surface area contributed by atoms with Gasteiger partial charge in [0, 0.05) is 11.0 Å². The van der Waals surface area contributed by atoms with Crippen LogP contribution in [0, 0.1) is 6.92 Å². The number of rotatable bonds is 5. The van der Waals surface area contributed by atoms with E-state index in [4.69, 9.17) is 0 Å². The minimum atomic E-state index is -0.134. The summed E-state index contributed by atoms with van der Waals surface area (Å²) in [4.78, 5) is 11.1. The van der Waals surface area contributed by atoms with Crippen LogP contribution < -0.4 is 0 Å². The summed E-state index contributed by atoms with van der Waals surface area (Å²) >= 11 is 1.79. The second kappa shape index (κ2) is 6.59. The van der Waals surface area contributed by atoms with Crippen molar-refractivity contribution in [1.82, 2.24) is 0 Å². The van der Waals surface area contributed by atoms with Crippen molar-refractivity contribution in [3.8, 4) is 0 Å². The van der Waals surface area contributed by atoms with Crippen LogP contribution in [0.4, 0.5) is 0 Å². The van der Waals surface area contributed by atoms with Crippen LogP contribution in [0.25, 0.3) is 0 Å². The zero-order valence-corrected chi connectivity index (χ0v) is 10.8. The van der Waals surface area contributed by atoms with Gasteiger partial charge in [-0.3, -0.25) is 4.79 Å². The Kier molecular flexibility index (Phi) is 5.39. The molecule has 0 saturated carbocycles. The molecule has 88 valence electrons. The number of ether oxygens (including phenoxy) is 1. The summed E-state index contributed by atoms with van der Waals surface area (Å²) in [5.74, 6) is 0.815. The second-order valence-electron chi connectivity index (χ2n) is 3.83. The molecule has 0 aromatic heterocycles. The van der Waals surface area contributed by atoms with Gasteiger partial charge in [0.15, 0.2) is 0 Å². The summed E-state index contributed by atoms with van der Waals surface area (Å²) in [6.45, 7) is 4.17. The Morgan fingerprint density at radius 1 is 1.44 bits per heavy atom. The fourth-order valence-corrected chi connectivity index (χ4v) is 2.42. The van der Waals surface area contributed by atoms with E-state index in [1.807, 2.05) is 12.1 Å². The summed E-state index contributed by atoms with van der Waals surface area (Å²) < 4.78 is 4.64. The van der Waals surface area contributed by atoms with E-state index in [2.05, 4.69) is 30.7 Å². The van der Waals surface area contributed by atoms with Crippen molar-refractivity contribution in [1.29, 1.82) is 0 Å². The van der Waals surface area contributed by atoms with Crippen molar-refractivity contribution in [3.05, 3.63) is 35.4 Å². The standard InChI is InChI=1S/C13H18O2S/c1-10-6-4-5-7-12(10)9-16-11(2)8-13(14)15-3/h4-7,11H,8-9H2,1-3H3. The molecule has 1 aromatic carbocycles. The van der Waals surface area contributed by atoms with E-state index in [1.165, 1.54) is 18.2 Å². The monoisotopic (exact) mass is 238 g/mol. The minimum Gasteiger partial charge on any atom is -0.469 e. The number of aryl methyl sites for hydroxylation is 1. The fraction of sp³-hybridized carbons (Fsp3) is 0.462. The first-order valence-electron chi connectivity index (χ1n) is 5.36. The molecular formula is C13H18O2S. The molecular weight excluding hydrogens is 220 g/mol. The molecule has 0 amide bonds. The Morgan fingerprint density at radius 2 is 2.12 bits per heavy atom. The predicted molar refractivity (Wildman–Crippen MR) is 68.6 cm³/mol. The van der Waals surface area contributed by atoms with Crippen LogP contribution in [0.2, 0.25) is 0 Å². The van der Waals surface area contributed by atoms with Crippen molar-refractivity contribution in [2.45, 2.75) is 31.3 Å². The molecule has 0 aliphatic rings. The molecule has 0 radical (unpaired) electrons. The van der Waals surface area contributed by atoms with Gasteiger partial charge in [-0.05, 0) is 18.1 Å². The molecule has 1 rings (SSSR count). The number of hydrogen-bond acceptors (Lipinski definition) is 3. The first-order valence-corrected chi connectivity index (χ1v) is 6.41. The molecule has 16 heavy (non-hydrogen) atoms. The maximum atomic E-state index is 11.1. The molecule has 3 heteroatoms.